The first kappa shape index (κ1) is 22.9. The Bertz CT molecular complexity index is 1500. The van der Waals surface area contributed by atoms with E-state index in [4.69, 9.17) is 23.1 Å². The van der Waals surface area contributed by atoms with Crippen LogP contribution in [0.4, 0.5) is 26.4 Å². The number of benzene rings is 2. The lowest BCUT2D eigenvalue weighted by molar-refractivity contribution is 0.580. The molecule has 0 bridgehead atoms. The lowest BCUT2D eigenvalue weighted by Gasteiger charge is -2.15. The van der Waals surface area contributed by atoms with Gasteiger partial charge in [-0.25, -0.2) is 13.8 Å². The van der Waals surface area contributed by atoms with E-state index in [1.54, 1.807) is 18.2 Å². The predicted octanol–water partition coefficient (Wildman–Crippen LogP) is 3.19. The summed E-state index contributed by atoms with van der Waals surface area (Å²) in [5, 5.41) is 12.7. The van der Waals surface area contributed by atoms with Gasteiger partial charge in [-0.15, -0.1) is 0 Å². The number of aryl methyl sites for hydroxylation is 1. The first-order chi connectivity index (χ1) is 16.3. The Hall–Kier alpha value is -4.30. The van der Waals surface area contributed by atoms with Gasteiger partial charge in [-0.3, -0.25) is 9.36 Å². The molecule has 4 rings (SSSR count). The van der Waals surface area contributed by atoms with Crippen LogP contribution in [-0.4, -0.2) is 26.1 Å². The number of para-hydroxylation sites is 1. The normalized spacial score (nSPS) is 10.9. The Morgan fingerprint density at radius 2 is 1.85 bits per heavy atom. The van der Waals surface area contributed by atoms with Gasteiger partial charge in [-0.2, -0.15) is 15.2 Å². The van der Waals surface area contributed by atoms with Crippen LogP contribution in [0.5, 0.6) is 0 Å². The van der Waals surface area contributed by atoms with E-state index in [1.807, 2.05) is 6.07 Å². The minimum atomic E-state index is -0.830. The van der Waals surface area contributed by atoms with Crippen molar-refractivity contribution in [1.82, 2.24) is 19.5 Å². The Morgan fingerprint density at radius 1 is 1.12 bits per heavy atom. The van der Waals surface area contributed by atoms with Gasteiger partial charge >= 0.3 is 0 Å². The maximum absolute atomic E-state index is 13.9. The number of anilines is 3. The number of halogens is 3. The summed E-state index contributed by atoms with van der Waals surface area (Å²) in [7, 11) is 0. The van der Waals surface area contributed by atoms with Gasteiger partial charge in [0.2, 0.25) is 5.95 Å². The van der Waals surface area contributed by atoms with E-state index in [-0.39, 0.29) is 57.0 Å². The highest BCUT2D eigenvalue weighted by molar-refractivity contribution is 6.34. The molecule has 0 amide bonds. The van der Waals surface area contributed by atoms with E-state index < -0.39 is 17.2 Å². The van der Waals surface area contributed by atoms with Crippen molar-refractivity contribution in [2.45, 2.75) is 12.8 Å². The maximum atomic E-state index is 13.9. The van der Waals surface area contributed by atoms with Gasteiger partial charge in [-0.05, 0) is 30.7 Å². The zero-order valence-corrected chi connectivity index (χ0v) is 18.3. The number of hydrogen-bond donors (Lipinski definition) is 3. The molecule has 34 heavy (non-hydrogen) atoms. The number of rotatable bonds is 6. The molecular weight excluding hydrogens is 466 g/mol. The van der Waals surface area contributed by atoms with E-state index in [0.717, 1.165) is 22.8 Å². The fourth-order valence-electron chi connectivity index (χ4n) is 3.51. The van der Waals surface area contributed by atoms with Gasteiger partial charge in [0.1, 0.15) is 34.9 Å². The molecule has 0 aliphatic heterocycles. The fraction of sp³-hybridized carbons (Fsp3) is 0.136. The average molecular weight is 483 g/mol. The topological polar surface area (TPSA) is 149 Å². The summed E-state index contributed by atoms with van der Waals surface area (Å²) in [6, 6.07) is 9.47. The molecule has 0 saturated heterocycles. The molecule has 9 nitrogen and oxygen atoms in total. The van der Waals surface area contributed by atoms with Crippen molar-refractivity contribution >= 4 is 40.1 Å². The molecule has 0 atom stereocenters. The third kappa shape index (κ3) is 4.44. The highest BCUT2D eigenvalue weighted by atomic mass is 35.5. The largest absolute Gasteiger partial charge is 0.382 e. The molecule has 2 heterocycles. The summed E-state index contributed by atoms with van der Waals surface area (Å²) in [4.78, 5) is 25.5. The van der Waals surface area contributed by atoms with Crippen molar-refractivity contribution in [1.29, 1.82) is 5.26 Å². The van der Waals surface area contributed by atoms with Crippen LogP contribution in [0.3, 0.4) is 0 Å². The molecule has 0 aliphatic carbocycles. The molecule has 0 unspecified atom stereocenters. The second-order valence-electron chi connectivity index (χ2n) is 7.27. The SMILES string of the molecule is N#Cc1c(N)nc(N)nc1NCCCc1nc2c(Cl)cccc2c(=O)n1-c1cc(F)cc(F)c1. The van der Waals surface area contributed by atoms with E-state index >= 15 is 0 Å². The van der Waals surface area contributed by atoms with Crippen LogP contribution in [0.15, 0.2) is 41.2 Å². The molecule has 5 N–H and O–H groups in total. The number of nitrogens with zero attached hydrogens (tertiary/aromatic N) is 5. The molecule has 0 aliphatic rings. The van der Waals surface area contributed by atoms with E-state index in [9.17, 15) is 18.8 Å². The summed E-state index contributed by atoms with van der Waals surface area (Å²) in [5.41, 5.74) is 11.1. The van der Waals surface area contributed by atoms with Crippen LogP contribution in [-0.2, 0) is 6.42 Å². The highest BCUT2D eigenvalue weighted by Crippen LogP contribution is 2.22. The third-order valence-electron chi connectivity index (χ3n) is 4.96. The molecule has 0 fully saturated rings. The van der Waals surface area contributed by atoms with Crippen LogP contribution in [0.1, 0.15) is 17.8 Å². The smallest absolute Gasteiger partial charge is 0.266 e. The first-order valence-electron chi connectivity index (χ1n) is 10.0. The maximum Gasteiger partial charge on any atom is 0.266 e. The Kier molecular flexibility index (Phi) is 6.25. The summed E-state index contributed by atoms with van der Waals surface area (Å²) in [6.07, 6.45) is 0.619. The van der Waals surface area contributed by atoms with Gasteiger partial charge in [0.25, 0.3) is 5.56 Å². The molecule has 12 heteroatoms. The van der Waals surface area contributed by atoms with Gasteiger partial charge in [-0.1, -0.05) is 17.7 Å². The van der Waals surface area contributed by atoms with Crippen LogP contribution in [0, 0.1) is 23.0 Å². The molecule has 2 aromatic heterocycles. The van der Waals surface area contributed by atoms with Gasteiger partial charge < -0.3 is 16.8 Å². The first-order valence-corrected chi connectivity index (χ1v) is 10.4. The zero-order chi connectivity index (χ0) is 24.4. The Labute approximate surface area is 196 Å². The van der Waals surface area contributed by atoms with Crippen molar-refractivity contribution in [2.24, 2.45) is 0 Å². The van der Waals surface area contributed by atoms with Crippen LogP contribution in [0.25, 0.3) is 16.6 Å². The second kappa shape index (κ2) is 9.29. The quantitative estimate of drug-likeness (QED) is 0.355. The van der Waals surface area contributed by atoms with Gasteiger partial charge in [0.15, 0.2) is 5.82 Å². The van der Waals surface area contributed by atoms with E-state index in [2.05, 4.69) is 20.3 Å². The van der Waals surface area contributed by atoms with E-state index in [0.29, 0.717) is 13.0 Å². The summed E-state index contributed by atoms with van der Waals surface area (Å²) in [6.45, 7) is 0.290. The predicted molar refractivity (Wildman–Crippen MR) is 125 cm³/mol. The standard InChI is InChI=1S/C22H17ClF2N8O/c23-16-4-1-3-14-18(16)30-17(33(21(14)34)13-8-11(24)7-12(25)9-13)5-2-6-29-20-15(10-26)19(27)31-22(28)32-20/h1,3-4,7-9H,2,5-6H2,(H5,27,28,29,31,32). The third-order valence-corrected chi connectivity index (χ3v) is 5.27. The molecule has 0 spiro atoms. The highest BCUT2D eigenvalue weighted by Gasteiger charge is 2.16. The minimum absolute atomic E-state index is 0.00273. The lowest BCUT2D eigenvalue weighted by Crippen LogP contribution is -2.25. The number of nitriles is 1. The second-order valence-corrected chi connectivity index (χ2v) is 7.67. The van der Waals surface area contributed by atoms with Crippen LogP contribution < -0.4 is 22.3 Å². The van der Waals surface area contributed by atoms with Gasteiger partial charge in [0.05, 0.1) is 21.6 Å². The number of fused-ring (bicyclic) bond motifs is 1. The number of nitrogens with one attached hydrogen (secondary N) is 1. The molecule has 0 saturated carbocycles. The number of hydrogen-bond acceptors (Lipinski definition) is 8. The van der Waals surface area contributed by atoms with Crippen molar-refractivity contribution in [3.8, 4) is 11.8 Å². The molecule has 4 aromatic rings. The molecule has 2 aromatic carbocycles. The Morgan fingerprint density at radius 3 is 2.56 bits per heavy atom. The lowest BCUT2D eigenvalue weighted by atomic mass is 10.2. The number of nitrogens with two attached hydrogens (primary N) is 2. The van der Waals surface area contributed by atoms with Crippen LogP contribution in [0.2, 0.25) is 5.02 Å². The molecule has 0 radical (unpaired) electrons. The average Bonchev–Trinajstić information content (AvgIpc) is 2.76. The molecular formula is C22H17ClF2N8O. The van der Waals surface area contributed by atoms with Crippen molar-refractivity contribution in [2.75, 3.05) is 23.3 Å². The van der Waals surface area contributed by atoms with Gasteiger partial charge in [0, 0.05) is 19.0 Å². The monoisotopic (exact) mass is 482 g/mol. The fourth-order valence-corrected chi connectivity index (χ4v) is 3.72. The van der Waals surface area contributed by atoms with Crippen molar-refractivity contribution in [3.63, 3.8) is 0 Å². The van der Waals surface area contributed by atoms with E-state index in [1.165, 1.54) is 0 Å². The Balaban J connectivity index is 1.69. The number of nitrogen functional groups attached to an aromatic ring is 2. The van der Waals surface area contributed by atoms with Crippen molar-refractivity contribution < 1.29 is 8.78 Å². The summed E-state index contributed by atoms with van der Waals surface area (Å²) < 4.78 is 29.0. The minimum Gasteiger partial charge on any atom is -0.382 e. The summed E-state index contributed by atoms with van der Waals surface area (Å²) in [5.74, 6) is -1.38. The number of aromatic nitrogens is 4. The van der Waals surface area contributed by atoms with Crippen LogP contribution >= 0.6 is 11.6 Å². The van der Waals surface area contributed by atoms with Crippen molar-refractivity contribution in [3.05, 3.63) is 74.8 Å². The summed E-state index contributed by atoms with van der Waals surface area (Å²) >= 11 is 6.24. The molecule has 172 valence electrons. The zero-order valence-electron chi connectivity index (χ0n) is 17.5.